The molecule has 0 fully saturated rings. The first-order chi connectivity index (χ1) is 7.00. The second-order valence-electron chi connectivity index (χ2n) is 3.62. The van der Waals surface area contributed by atoms with E-state index in [0.717, 1.165) is 0 Å². The van der Waals surface area contributed by atoms with E-state index in [1.165, 1.54) is 38.5 Å². The van der Waals surface area contributed by atoms with Crippen molar-refractivity contribution >= 4 is 0 Å². The van der Waals surface area contributed by atoms with Gasteiger partial charge in [-0.05, 0) is 25.7 Å². The first kappa shape index (κ1) is 11.0. The third-order valence-electron chi connectivity index (χ3n) is 2.32. The van der Waals surface area contributed by atoms with Crippen LogP contribution >= 0.6 is 0 Å². The second kappa shape index (κ2) is 8.55. The molecule has 0 saturated carbocycles. The molecule has 0 bridgehead atoms. The summed E-state index contributed by atoms with van der Waals surface area (Å²) in [4.78, 5) is 0. The fourth-order valence-corrected chi connectivity index (χ4v) is 1.48. The molecule has 0 heteroatoms. The number of hydrogen-bond donors (Lipinski definition) is 0. The van der Waals surface area contributed by atoms with Crippen LogP contribution in [0.4, 0.5) is 0 Å². The molecule has 0 atom stereocenters. The van der Waals surface area contributed by atoms with Gasteiger partial charge in [0.1, 0.15) is 0 Å². The molecule has 0 spiro atoms. The van der Waals surface area contributed by atoms with Crippen molar-refractivity contribution in [2.24, 2.45) is 0 Å². The molecule has 0 nitrogen and oxygen atoms in total. The van der Waals surface area contributed by atoms with Gasteiger partial charge in [-0.25, -0.2) is 0 Å². The van der Waals surface area contributed by atoms with Gasteiger partial charge in [-0.1, -0.05) is 61.4 Å². The maximum atomic E-state index is 2.26. The Morgan fingerprint density at radius 3 is 1.36 bits per heavy atom. The van der Waals surface area contributed by atoms with Gasteiger partial charge in [0.25, 0.3) is 0 Å². The van der Waals surface area contributed by atoms with Crippen LogP contribution in [-0.2, 0) is 0 Å². The largest absolute Gasteiger partial charge is 0.0845 e. The topological polar surface area (TPSA) is 0 Å². The second-order valence-corrected chi connectivity index (χ2v) is 3.62. The molecule has 0 radical (unpaired) electrons. The SMILES string of the molecule is C1=CC=CCCCCCCC=CC=C1. The van der Waals surface area contributed by atoms with Gasteiger partial charge in [0.05, 0.1) is 0 Å². The van der Waals surface area contributed by atoms with Crippen molar-refractivity contribution in [3.63, 3.8) is 0 Å². The van der Waals surface area contributed by atoms with Gasteiger partial charge in [0.2, 0.25) is 0 Å². The molecular formula is C14H20. The molecule has 0 unspecified atom stereocenters. The number of hydrogen-bond acceptors (Lipinski definition) is 0. The number of rotatable bonds is 0. The molecule has 1 aliphatic carbocycles. The lowest BCUT2D eigenvalue weighted by Crippen LogP contribution is -1.76. The zero-order valence-corrected chi connectivity index (χ0v) is 8.86. The van der Waals surface area contributed by atoms with Crippen LogP contribution in [-0.4, -0.2) is 0 Å². The van der Waals surface area contributed by atoms with Crippen LogP contribution < -0.4 is 0 Å². The molecule has 0 aromatic heterocycles. The Labute approximate surface area is 87.7 Å². The lowest BCUT2D eigenvalue weighted by Gasteiger charge is -1.96. The van der Waals surface area contributed by atoms with Gasteiger partial charge in [-0.3, -0.25) is 0 Å². The van der Waals surface area contributed by atoms with Crippen LogP contribution in [0.25, 0.3) is 0 Å². The summed E-state index contributed by atoms with van der Waals surface area (Å²) in [6.07, 6.45) is 25.0. The van der Waals surface area contributed by atoms with Crippen molar-refractivity contribution in [2.75, 3.05) is 0 Å². The molecule has 0 heterocycles. The van der Waals surface area contributed by atoms with Gasteiger partial charge >= 0.3 is 0 Å². The van der Waals surface area contributed by atoms with Crippen LogP contribution in [0, 0.1) is 0 Å². The van der Waals surface area contributed by atoms with E-state index in [4.69, 9.17) is 0 Å². The Hall–Kier alpha value is -1.04. The highest BCUT2D eigenvalue weighted by atomic mass is 13.9. The molecule has 0 amide bonds. The van der Waals surface area contributed by atoms with Gasteiger partial charge in [-0.15, -0.1) is 0 Å². The molecular weight excluding hydrogens is 168 g/mol. The summed E-state index contributed by atoms with van der Waals surface area (Å²) in [5.74, 6) is 0. The van der Waals surface area contributed by atoms with Crippen molar-refractivity contribution in [1.82, 2.24) is 0 Å². The fraction of sp³-hybridized carbons (Fsp3) is 0.429. The summed E-state index contributed by atoms with van der Waals surface area (Å²) in [5, 5.41) is 0. The lowest BCUT2D eigenvalue weighted by molar-refractivity contribution is 0.652. The highest BCUT2D eigenvalue weighted by Crippen LogP contribution is 2.06. The summed E-state index contributed by atoms with van der Waals surface area (Å²) in [5.41, 5.74) is 0. The maximum Gasteiger partial charge on any atom is -0.0348 e. The Kier molecular flexibility index (Phi) is 6.74. The minimum Gasteiger partial charge on any atom is -0.0845 e. The standard InChI is InChI=1S/C14H20/c1-2-4-6-8-10-12-14-13-11-9-7-5-3-1/h1-8H,9-14H2. The van der Waals surface area contributed by atoms with E-state index in [9.17, 15) is 0 Å². The molecule has 1 aliphatic rings. The molecule has 0 aromatic rings. The first-order valence-electron chi connectivity index (χ1n) is 5.65. The van der Waals surface area contributed by atoms with E-state index >= 15 is 0 Å². The zero-order chi connectivity index (χ0) is 9.90. The maximum absolute atomic E-state index is 2.26. The molecule has 0 saturated heterocycles. The predicted octanol–water partition coefficient (Wildman–Crippen LogP) is 4.57. The van der Waals surface area contributed by atoms with Crippen LogP contribution in [0.15, 0.2) is 48.6 Å². The van der Waals surface area contributed by atoms with E-state index in [0.29, 0.717) is 0 Å². The van der Waals surface area contributed by atoms with E-state index < -0.39 is 0 Å². The molecule has 76 valence electrons. The molecule has 0 aromatic carbocycles. The quantitative estimate of drug-likeness (QED) is 0.522. The molecule has 0 aliphatic heterocycles. The summed E-state index contributed by atoms with van der Waals surface area (Å²) in [6.45, 7) is 0. The van der Waals surface area contributed by atoms with Crippen LogP contribution in [0.2, 0.25) is 0 Å². The molecule has 0 N–H and O–H groups in total. The van der Waals surface area contributed by atoms with E-state index in [1.807, 2.05) is 0 Å². The van der Waals surface area contributed by atoms with Crippen molar-refractivity contribution < 1.29 is 0 Å². The van der Waals surface area contributed by atoms with Crippen LogP contribution in [0.5, 0.6) is 0 Å². The van der Waals surface area contributed by atoms with Crippen LogP contribution in [0.3, 0.4) is 0 Å². The Balaban J connectivity index is 2.36. The molecule has 14 heavy (non-hydrogen) atoms. The predicted molar refractivity (Wildman–Crippen MR) is 64.3 cm³/mol. The number of allylic oxidation sites excluding steroid dienone is 8. The highest BCUT2D eigenvalue weighted by molar-refractivity contribution is 5.15. The van der Waals surface area contributed by atoms with Crippen molar-refractivity contribution in [3.05, 3.63) is 48.6 Å². The minimum atomic E-state index is 1.23. The van der Waals surface area contributed by atoms with Crippen molar-refractivity contribution in [2.45, 2.75) is 38.5 Å². The van der Waals surface area contributed by atoms with Crippen molar-refractivity contribution in [1.29, 1.82) is 0 Å². The van der Waals surface area contributed by atoms with Gasteiger partial charge in [0.15, 0.2) is 0 Å². The third kappa shape index (κ3) is 6.47. The fourth-order valence-electron chi connectivity index (χ4n) is 1.48. The van der Waals surface area contributed by atoms with Crippen molar-refractivity contribution in [3.8, 4) is 0 Å². The summed E-state index contributed by atoms with van der Waals surface area (Å²) >= 11 is 0. The first-order valence-corrected chi connectivity index (χ1v) is 5.65. The van der Waals surface area contributed by atoms with Gasteiger partial charge < -0.3 is 0 Å². The minimum absolute atomic E-state index is 1.23. The Bertz CT molecular complexity index is 202. The summed E-state index contributed by atoms with van der Waals surface area (Å²) in [7, 11) is 0. The van der Waals surface area contributed by atoms with E-state index in [1.54, 1.807) is 0 Å². The Morgan fingerprint density at radius 1 is 0.429 bits per heavy atom. The van der Waals surface area contributed by atoms with Crippen LogP contribution in [0.1, 0.15) is 38.5 Å². The smallest absolute Gasteiger partial charge is 0.0348 e. The summed E-state index contributed by atoms with van der Waals surface area (Å²) in [6, 6.07) is 0. The molecule has 1 rings (SSSR count). The monoisotopic (exact) mass is 188 g/mol. The lowest BCUT2D eigenvalue weighted by atomic mass is 10.1. The van der Waals surface area contributed by atoms with E-state index in [2.05, 4.69) is 48.6 Å². The zero-order valence-electron chi connectivity index (χ0n) is 8.86. The third-order valence-corrected chi connectivity index (χ3v) is 2.32. The van der Waals surface area contributed by atoms with E-state index in [-0.39, 0.29) is 0 Å². The average molecular weight is 188 g/mol. The Morgan fingerprint density at radius 2 is 0.857 bits per heavy atom. The highest BCUT2D eigenvalue weighted by Gasteiger charge is 1.87. The average Bonchev–Trinajstić information content (AvgIpc) is 2.22. The normalized spacial score (nSPS) is 19.4. The summed E-state index contributed by atoms with van der Waals surface area (Å²) < 4.78 is 0. The van der Waals surface area contributed by atoms with Gasteiger partial charge in [-0.2, -0.15) is 0 Å². The van der Waals surface area contributed by atoms with Gasteiger partial charge in [0, 0.05) is 0 Å².